The lowest BCUT2D eigenvalue weighted by atomic mass is 9.99. The van der Waals surface area contributed by atoms with Crippen molar-refractivity contribution in [1.29, 1.82) is 0 Å². The van der Waals surface area contributed by atoms with Gasteiger partial charge in [-0.25, -0.2) is 0 Å². The molecule has 0 aliphatic carbocycles. The molecule has 0 aliphatic rings. The molecule has 0 spiro atoms. The molecule has 0 aromatic rings. The fourth-order valence-electron chi connectivity index (χ4n) is 6.40. The summed E-state index contributed by atoms with van der Waals surface area (Å²) in [7, 11) is 0. The van der Waals surface area contributed by atoms with Crippen molar-refractivity contribution in [3.63, 3.8) is 0 Å². The summed E-state index contributed by atoms with van der Waals surface area (Å²) < 4.78 is 0. The van der Waals surface area contributed by atoms with Crippen molar-refractivity contribution in [3.8, 4) is 0 Å². The molecule has 0 radical (unpaired) electrons. The number of nitrogens with one attached hydrogen (secondary N) is 1. The molecular formula is C41H81NO5. The van der Waals surface area contributed by atoms with Crippen LogP contribution in [-0.4, -0.2) is 57.3 Å². The Labute approximate surface area is 292 Å². The van der Waals surface area contributed by atoms with Crippen molar-refractivity contribution >= 4 is 5.91 Å². The van der Waals surface area contributed by atoms with Crippen LogP contribution in [0.25, 0.3) is 0 Å². The van der Waals surface area contributed by atoms with Gasteiger partial charge < -0.3 is 25.7 Å². The van der Waals surface area contributed by atoms with Crippen LogP contribution < -0.4 is 5.32 Å². The van der Waals surface area contributed by atoms with E-state index in [9.17, 15) is 25.2 Å². The molecule has 0 saturated carbocycles. The average molecular weight is 668 g/mol. The number of aliphatic hydroxyl groups is 4. The zero-order chi connectivity index (χ0) is 34.6. The van der Waals surface area contributed by atoms with Gasteiger partial charge in [-0.3, -0.25) is 4.79 Å². The third kappa shape index (κ3) is 30.8. The Hall–Kier alpha value is -0.950. The SMILES string of the molecule is CCCCCCCCC=CCCCC[C@@H](O)[C@@H](O)[C@H](CO)NC(=O)[C@H](O)CCCCCCCCCCCCCCCCCCCCC. The van der Waals surface area contributed by atoms with Gasteiger partial charge in [-0.05, 0) is 38.5 Å². The highest BCUT2D eigenvalue weighted by Gasteiger charge is 2.28. The molecule has 6 heteroatoms. The Kier molecular flexibility index (Phi) is 35.6. The third-order valence-electron chi connectivity index (χ3n) is 9.73. The summed E-state index contributed by atoms with van der Waals surface area (Å²) in [5.74, 6) is -0.590. The highest BCUT2D eigenvalue weighted by Crippen LogP contribution is 2.16. The number of hydrogen-bond donors (Lipinski definition) is 5. The minimum absolute atomic E-state index is 0.369. The monoisotopic (exact) mass is 668 g/mol. The van der Waals surface area contributed by atoms with Gasteiger partial charge in [0.15, 0.2) is 0 Å². The minimum Gasteiger partial charge on any atom is -0.394 e. The second-order valence-electron chi connectivity index (χ2n) is 14.3. The largest absolute Gasteiger partial charge is 0.394 e. The summed E-state index contributed by atoms with van der Waals surface area (Å²) in [6, 6.07) is -0.991. The van der Waals surface area contributed by atoms with Crippen molar-refractivity contribution in [2.75, 3.05) is 6.61 Å². The second kappa shape index (κ2) is 36.3. The van der Waals surface area contributed by atoms with E-state index >= 15 is 0 Å². The van der Waals surface area contributed by atoms with E-state index in [1.165, 1.54) is 141 Å². The number of aliphatic hydroxyl groups excluding tert-OH is 4. The molecule has 0 saturated heterocycles. The number of amides is 1. The molecule has 0 bridgehead atoms. The Bertz CT molecular complexity index is 672. The first-order chi connectivity index (χ1) is 23.0. The van der Waals surface area contributed by atoms with Gasteiger partial charge in [0.1, 0.15) is 12.2 Å². The maximum Gasteiger partial charge on any atom is 0.249 e. The first-order valence-electron chi connectivity index (χ1n) is 20.6. The average Bonchev–Trinajstić information content (AvgIpc) is 3.07. The van der Waals surface area contributed by atoms with Gasteiger partial charge in [-0.15, -0.1) is 0 Å². The molecule has 0 rings (SSSR count). The normalized spacial score (nSPS) is 14.4. The predicted octanol–water partition coefficient (Wildman–Crippen LogP) is 10.2. The van der Waals surface area contributed by atoms with Crippen LogP contribution in [-0.2, 0) is 4.79 Å². The van der Waals surface area contributed by atoms with Crippen LogP contribution >= 0.6 is 0 Å². The van der Waals surface area contributed by atoms with Crippen LogP contribution in [0.4, 0.5) is 0 Å². The Morgan fingerprint density at radius 3 is 1.26 bits per heavy atom. The van der Waals surface area contributed by atoms with E-state index in [0.29, 0.717) is 12.8 Å². The van der Waals surface area contributed by atoms with Crippen LogP contribution in [0.2, 0.25) is 0 Å². The van der Waals surface area contributed by atoms with Gasteiger partial charge in [-0.2, -0.15) is 0 Å². The summed E-state index contributed by atoms with van der Waals surface area (Å²) >= 11 is 0. The lowest BCUT2D eigenvalue weighted by molar-refractivity contribution is -0.132. The van der Waals surface area contributed by atoms with Gasteiger partial charge in [0, 0.05) is 0 Å². The molecule has 0 aromatic carbocycles. The van der Waals surface area contributed by atoms with Crippen molar-refractivity contribution in [2.24, 2.45) is 0 Å². The van der Waals surface area contributed by atoms with Crippen LogP contribution in [0.3, 0.4) is 0 Å². The van der Waals surface area contributed by atoms with E-state index in [4.69, 9.17) is 0 Å². The van der Waals surface area contributed by atoms with Crippen LogP contribution in [0.5, 0.6) is 0 Å². The van der Waals surface area contributed by atoms with E-state index < -0.39 is 36.9 Å². The van der Waals surface area contributed by atoms with Crippen LogP contribution in [0.1, 0.15) is 213 Å². The lowest BCUT2D eigenvalue weighted by Gasteiger charge is -2.27. The smallest absolute Gasteiger partial charge is 0.249 e. The lowest BCUT2D eigenvalue weighted by Crippen LogP contribution is -2.53. The molecule has 280 valence electrons. The fourth-order valence-corrected chi connectivity index (χ4v) is 6.40. The molecule has 0 unspecified atom stereocenters. The number of hydrogen-bond acceptors (Lipinski definition) is 5. The highest BCUT2D eigenvalue weighted by molar-refractivity contribution is 5.80. The quantitative estimate of drug-likeness (QED) is 0.0335. The zero-order valence-corrected chi connectivity index (χ0v) is 31.3. The van der Waals surface area contributed by atoms with E-state index in [2.05, 4.69) is 31.3 Å². The first-order valence-corrected chi connectivity index (χ1v) is 20.6. The molecule has 1 amide bonds. The van der Waals surface area contributed by atoms with Crippen LogP contribution in [0.15, 0.2) is 12.2 Å². The minimum atomic E-state index is -1.27. The van der Waals surface area contributed by atoms with E-state index in [1.807, 2.05) is 0 Å². The zero-order valence-electron chi connectivity index (χ0n) is 31.3. The van der Waals surface area contributed by atoms with Gasteiger partial charge in [0.25, 0.3) is 0 Å². The number of rotatable bonds is 37. The first kappa shape index (κ1) is 46.0. The Morgan fingerprint density at radius 2 is 0.851 bits per heavy atom. The molecule has 47 heavy (non-hydrogen) atoms. The number of carbonyl (C=O) groups is 1. The molecule has 6 nitrogen and oxygen atoms in total. The number of unbranched alkanes of at least 4 members (excludes halogenated alkanes) is 26. The molecule has 5 N–H and O–H groups in total. The third-order valence-corrected chi connectivity index (χ3v) is 9.73. The highest BCUT2D eigenvalue weighted by atomic mass is 16.3. The van der Waals surface area contributed by atoms with E-state index in [0.717, 1.165) is 44.9 Å². The van der Waals surface area contributed by atoms with Crippen molar-refractivity contribution in [2.45, 2.75) is 237 Å². The molecule has 0 fully saturated rings. The number of carbonyl (C=O) groups excluding carboxylic acids is 1. The standard InChI is InChI=1S/C41H81NO5/c1-3-5-7-9-11-13-15-17-18-19-20-21-22-23-25-27-29-31-33-35-39(45)41(47)42-37(36-43)40(46)38(44)34-32-30-28-26-24-16-14-12-10-8-6-4-2/h24,26,37-40,43-46H,3-23,25,27-36H2,1-2H3,(H,42,47)/t37-,38+,39+,40-/m0/s1. The summed E-state index contributed by atoms with van der Waals surface area (Å²) in [6.07, 6.45) is 38.1. The van der Waals surface area contributed by atoms with Gasteiger partial charge >= 0.3 is 0 Å². The van der Waals surface area contributed by atoms with E-state index in [1.54, 1.807) is 0 Å². The van der Waals surface area contributed by atoms with Gasteiger partial charge in [-0.1, -0.05) is 187 Å². The molecule has 4 atom stereocenters. The maximum absolute atomic E-state index is 12.5. The summed E-state index contributed by atoms with van der Waals surface area (Å²) in [5.41, 5.74) is 0. The summed E-state index contributed by atoms with van der Waals surface area (Å²) in [6.45, 7) is 4.02. The van der Waals surface area contributed by atoms with Crippen molar-refractivity contribution in [3.05, 3.63) is 12.2 Å². The van der Waals surface area contributed by atoms with Gasteiger partial charge in [0.2, 0.25) is 5.91 Å². The Morgan fingerprint density at radius 1 is 0.511 bits per heavy atom. The number of allylic oxidation sites excluding steroid dienone is 2. The Balaban J connectivity index is 3.74. The predicted molar refractivity (Wildman–Crippen MR) is 201 cm³/mol. The molecule has 0 heterocycles. The molecule has 0 aliphatic heterocycles. The second-order valence-corrected chi connectivity index (χ2v) is 14.3. The summed E-state index contributed by atoms with van der Waals surface area (Å²) in [5, 5.41) is 43.5. The maximum atomic E-state index is 12.5. The topological polar surface area (TPSA) is 110 Å². The summed E-state index contributed by atoms with van der Waals surface area (Å²) in [4.78, 5) is 12.5. The van der Waals surface area contributed by atoms with Crippen LogP contribution in [0, 0.1) is 0 Å². The van der Waals surface area contributed by atoms with Gasteiger partial charge in [0.05, 0.1) is 18.8 Å². The molecular weight excluding hydrogens is 586 g/mol. The molecule has 0 aromatic heterocycles. The van der Waals surface area contributed by atoms with E-state index in [-0.39, 0.29) is 0 Å². The van der Waals surface area contributed by atoms with Crippen molar-refractivity contribution in [1.82, 2.24) is 5.32 Å². The van der Waals surface area contributed by atoms with Crippen molar-refractivity contribution < 1.29 is 25.2 Å². The fraction of sp³-hybridized carbons (Fsp3) is 0.927.